The topological polar surface area (TPSA) is 0 Å². The number of allylic oxidation sites excluding steroid dienone is 4. The lowest BCUT2D eigenvalue weighted by atomic mass is 9.77. The second-order valence-electron chi connectivity index (χ2n) is 15.2. The van der Waals surface area contributed by atoms with Crippen molar-refractivity contribution in [2.24, 2.45) is 0 Å². The Morgan fingerprint density at radius 1 is 0.147 bits per heavy atom. The van der Waals surface area contributed by atoms with Gasteiger partial charge in [0, 0.05) is 120 Å². The average Bonchev–Trinajstić information content (AvgIpc) is 4.14. The van der Waals surface area contributed by atoms with Crippen LogP contribution >= 0.6 is 200 Å². The van der Waals surface area contributed by atoms with Gasteiger partial charge in [0.05, 0.1) is 15.1 Å². The average molecular weight is 1350 g/mol. The van der Waals surface area contributed by atoms with E-state index in [2.05, 4.69) is 209 Å². The first-order valence-electron chi connectivity index (χ1n) is 20.6. The molecule has 0 atom stereocenters. The molecule has 1 aliphatic carbocycles. The van der Waals surface area contributed by atoms with Crippen LogP contribution in [0.25, 0.3) is 100 Å². The number of rotatable bonds is 12. The molecule has 332 valence electrons. The van der Waals surface area contributed by atoms with Crippen LogP contribution < -0.4 is 0 Å². The molecule has 12 aromatic heterocycles. The van der Waals surface area contributed by atoms with Crippen LogP contribution in [0.15, 0.2) is 161 Å². The third kappa shape index (κ3) is 8.73. The van der Waals surface area contributed by atoms with Gasteiger partial charge < -0.3 is 0 Å². The van der Waals surface area contributed by atoms with Crippen molar-refractivity contribution in [2.45, 2.75) is 0 Å². The van der Waals surface area contributed by atoms with E-state index in [0.29, 0.717) is 0 Å². The van der Waals surface area contributed by atoms with Gasteiger partial charge in [0.25, 0.3) is 0 Å². The molecule has 0 unspecified atom stereocenters. The quantitative estimate of drug-likeness (QED) is 0.114. The second-order valence-corrected chi connectivity index (χ2v) is 33.7. The minimum absolute atomic E-state index is 1.16. The zero-order valence-corrected chi connectivity index (χ0v) is 50.4. The Hall–Kier alpha value is -2.20. The molecule has 0 amide bonds. The molecule has 0 aromatic carbocycles. The second kappa shape index (κ2) is 19.0. The normalized spacial score (nSPS) is 12.9. The maximum absolute atomic E-state index is 3.68. The fourth-order valence-electron chi connectivity index (χ4n) is 8.04. The Balaban J connectivity index is 0.947. The fourth-order valence-corrected chi connectivity index (χ4v) is 22.6. The summed E-state index contributed by atoms with van der Waals surface area (Å²) in [6, 6.07) is 54.6. The predicted molar refractivity (Wildman–Crippen MR) is 328 cm³/mol. The van der Waals surface area contributed by atoms with Gasteiger partial charge in [-0.05, 0) is 209 Å². The van der Waals surface area contributed by atoms with Crippen molar-refractivity contribution in [3.8, 4) is 78.0 Å². The van der Waals surface area contributed by atoms with Gasteiger partial charge in [-0.3, -0.25) is 0 Å². The van der Waals surface area contributed by atoms with Crippen molar-refractivity contribution in [3.05, 3.63) is 180 Å². The standard InChI is InChI=1S/C52H24Br4S12/c53-45-21-17-37(65-45)33-5-1-25(57-33)29-9-13-41(61-29)49-50(42-14-10-30(62-42)26-2-6-34(58-26)38-18-22-46(54)66-38)52(44-16-12-32(64-44)28-4-8-36(60-28)40-20-24-48(56)68-40)51(49)43-15-11-31(63-43)27-3-7-35(59-27)39-19-23-47(55)67-39/h1-24H. The van der Waals surface area contributed by atoms with Gasteiger partial charge in [0.1, 0.15) is 0 Å². The van der Waals surface area contributed by atoms with Crippen LogP contribution in [-0.2, 0) is 0 Å². The summed E-state index contributed by atoms with van der Waals surface area (Å²) >= 11 is 37.0. The monoisotopic (exact) mass is 1350 g/mol. The maximum atomic E-state index is 3.68. The van der Waals surface area contributed by atoms with E-state index < -0.39 is 0 Å². The molecule has 68 heavy (non-hydrogen) atoms. The van der Waals surface area contributed by atoms with Gasteiger partial charge in [-0.2, -0.15) is 0 Å². The third-order valence-corrected chi connectivity index (χ3v) is 27.9. The van der Waals surface area contributed by atoms with Gasteiger partial charge in [-0.1, -0.05) is 0 Å². The molecule has 0 N–H and O–H groups in total. The smallest absolute Gasteiger partial charge is 0.0705 e. The summed E-state index contributed by atoms with van der Waals surface area (Å²) in [7, 11) is 0. The number of hydrogen-bond donors (Lipinski definition) is 0. The van der Waals surface area contributed by atoms with Crippen molar-refractivity contribution in [1.82, 2.24) is 0 Å². The summed E-state index contributed by atoms with van der Waals surface area (Å²) in [5.74, 6) is 0. The zero-order chi connectivity index (χ0) is 45.6. The molecule has 12 aromatic rings. The minimum atomic E-state index is 1.16. The molecule has 0 spiro atoms. The lowest BCUT2D eigenvalue weighted by Crippen LogP contribution is -2.07. The number of hydrogen-bond acceptors (Lipinski definition) is 12. The molecule has 0 bridgehead atoms. The molecule has 0 fully saturated rings. The molecule has 0 saturated carbocycles. The van der Waals surface area contributed by atoms with Gasteiger partial charge in [-0.25, -0.2) is 0 Å². The van der Waals surface area contributed by atoms with Crippen LogP contribution in [0.5, 0.6) is 0 Å². The van der Waals surface area contributed by atoms with Crippen LogP contribution in [0.4, 0.5) is 0 Å². The Morgan fingerprint density at radius 3 is 0.412 bits per heavy atom. The zero-order valence-electron chi connectivity index (χ0n) is 34.3. The van der Waals surface area contributed by atoms with Crippen molar-refractivity contribution in [2.75, 3.05) is 0 Å². The molecule has 13 rings (SSSR count). The Bertz CT molecular complexity index is 3380. The highest BCUT2D eigenvalue weighted by molar-refractivity contribution is 9.11. The van der Waals surface area contributed by atoms with E-state index in [1.807, 2.05) is 90.7 Å². The molecule has 16 heteroatoms. The maximum Gasteiger partial charge on any atom is 0.0705 e. The van der Waals surface area contributed by atoms with Crippen LogP contribution in [0.2, 0.25) is 0 Å². The molecule has 0 aliphatic heterocycles. The van der Waals surface area contributed by atoms with Gasteiger partial charge in [0.15, 0.2) is 0 Å². The molecule has 0 nitrogen and oxygen atoms in total. The largest absolute Gasteiger partial charge is 0.134 e. The van der Waals surface area contributed by atoms with Gasteiger partial charge in [0.2, 0.25) is 0 Å². The van der Waals surface area contributed by atoms with Crippen LogP contribution in [0.1, 0.15) is 19.5 Å². The first kappa shape index (κ1) is 45.6. The van der Waals surface area contributed by atoms with E-state index in [9.17, 15) is 0 Å². The summed E-state index contributed by atoms with van der Waals surface area (Å²) in [5.41, 5.74) is 5.39. The van der Waals surface area contributed by atoms with Crippen molar-refractivity contribution in [1.29, 1.82) is 0 Å². The fraction of sp³-hybridized carbons (Fsp3) is 0. The van der Waals surface area contributed by atoms with Crippen molar-refractivity contribution < 1.29 is 0 Å². The van der Waals surface area contributed by atoms with Crippen LogP contribution in [0.3, 0.4) is 0 Å². The highest BCUT2D eigenvalue weighted by atomic mass is 79.9. The summed E-state index contributed by atoms with van der Waals surface area (Å²) in [5, 5.41) is 0. The van der Waals surface area contributed by atoms with E-state index in [-0.39, 0.29) is 0 Å². The third-order valence-electron chi connectivity index (χ3n) is 11.1. The van der Waals surface area contributed by atoms with Crippen molar-refractivity contribution in [3.63, 3.8) is 0 Å². The minimum Gasteiger partial charge on any atom is -0.134 e. The van der Waals surface area contributed by atoms with Gasteiger partial charge >= 0.3 is 0 Å². The highest BCUT2D eigenvalue weighted by Crippen LogP contribution is 2.62. The summed E-state index contributed by atoms with van der Waals surface area (Å²) in [4.78, 5) is 26.0. The lowest BCUT2D eigenvalue weighted by Gasteiger charge is -2.30. The predicted octanol–water partition coefficient (Wildman–Crippen LogP) is 24.3. The first-order valence-corrected chi connectivity index (χ1v) is 33.6. The Kier molecular flexibility index (Phi) is 12.8. The van der Waals surface area contributed by atoms with E-state index in [1.165, 1.54) is 120 Å². The lowest BCUT2D eigenvalue weighted by molar-refractivity contribution is 1.70. The molecular weight excluding hydrogens is 1330 g/mol. The first-order chi connectivity index (χ1) is 33.2. The van der Waals surface area contributed by atoms with Crippen LogP contribution in [-0.4, -0.2) is 0 Å². The van der Waals surface area contributed by atoms with E-state index >= 15 is 0 Å². The molecule has 1 aliphatic rings. The van der Waals surface area contributed by atoms with Crippen LogP contribution in [0, 0.1) is 0 Å². The Labute approximate surface area is 473 Å². The highest BCUT2D eigenvalue weighted by Gasteiger charge is 2.37. The van der Waals surface area contributed by atoms with E-state index in [4.69, 9.17) is 0 Å². The number of thiophene rings is 12. The summed E-state index contributed by atoms with van der Waals surface area (Å²) in [6.07, 6.45) is 0. The SMILES string of the molecule is Brc1ccc(-c2ccc(-c3ccc(C4=C(c5ccc(-c6ccc(-c7ccc(Br)s7)s6)s5)C(c5ccc(-c6ccc(-c7ccc(Br)s7)s6)s5)=C4c4ccc(-c5ccc(-c6ccc(Br)s6)s5)s4)s3)s2)s1. The molecule has 0 saturated heterocycles. The molecule has 12 heterocycles. The summed E-state index contributed by atoms with van der Waals surface area (Å²) < 4.78 is 4.63. The molecular formula is C52H24Br4S12. The summed E-state index contributed by atoms with van der Waals surface area (Å²) in [6.45, 7) is 0. The Morgan fingerprint density at radius 2 is 0.265 bits per heavy atom. The van der Waals surface area contributed by atoms with E-state index in [0.717, 1.165) is 15.1 Å². The van der Waals surface area contributed by atoms with E-state index in [1.54, 1.807) is 45.3 Å². The van der Waals surface area contributed by atoms with Gasteiger partial charge in [-0.15, -0.1) is 136 Å². The molecule has 0 radical (unpaired) electrons. The number of halogens is 4. The van der Waals surface area contributed by atoms with Crippen molar-refractivity contribution >= 4 is 222 Å².